The van der Waals surface area contributed by atoms with E-state index in [1.165, 1.54) is 7.05 Å². The lowest BCUT2D eigenvalue weighted by molar-refractivity contribution is -0.131. The molecule has 1 atom stereocenters. The van der Waals surface area contributed by atoms with Crippen LogP contribution in [-0.4, -0.2) is 36.2 Å². The Morgan fingerprint density at radius 3 is 2.29 bits per heavy atom. The van der Waals surface area contributed by atoms with E-state index in [-0.39, 0.29) is 0 Å². The Kier molecular flexibility index (Phi) is 4.68. The number of amides is 1. The van der Waals surface area contributed by atoms with Crippen LogP contribution < -0.4 is 5.32 Å². The van der Waals surface area contributed by atoms with E-state index in [1.807, 2.05) is 5.32 Å². The van der Waals surface area contributed by atoms with Crippen molar-refractivity contribution in [2.24, 2.45) is 5.92 Å². The summed E-state index contributed by atoms with van der Waals surface area (Å²) in [5.74, 6) is -4.16. The Bertz CT molecular complexity index is 255. The fourth-order valence-corrected chi connectivity index (χ4v) is 0.857. The van der Waals surface area contributed by atoms with Crippen molar-refractivity contribution >= 4 is 17.6 Å². The molecule has 0 radical (unpaired) electrons. The van der Waals surface area contributed by atoms with Crippen LogP contribution in [0.1, 0.15) is 6.42 Å². The van der Waals surface area contributed by atoms with Crippen molar-refractivity contribution < 1.29 is 23.5 Å². The second kappa shape index (κ2) is 5.25. The first-order valence-electron chi connectivity index (χ1n) is 3.71. The Labute approximate surface area is 78.6 Å². The summed E-state index contributed by atoms with van der Waals surface area (Å²) >= 11 is 0. The second-order valence-electron chi connectivity index (χ2n) is 2.51. The monoisotopic (exact) mass is 208 g/mol. The normalized spacial score (nSPS) is 12.3. The molecule has 7 heteroatoms. The minimum Gasteiger partial charge on any atom is -0.477 e. The zero-order chi connectivity index (χ0) is 11.3. The standard InChI is InChI=1S/C7H10F2N2O3/c1-11-6(12)3(2-4(8)9)5(10)7(13)14/h3-4,10H,2H2,1H3,(H,11,12)(H,13,14)/t3-/m0/s1. The van der Waals surface area contributed by atoms with Crippen molar-refractivity contribution in [3.05, 3.63) is 0 Å². The average molecular weight is 208 g/mol. The van der Waals surface area contributed by atoms with Gasteiger partial charge in [0, 0.05) is 13.5 Å². The lowest BCUT2D eigenvalue weighted by atomic mass is 9.99. The molecule has 0 unspecified atom stereocenters. The van der Waals surface area contributed by atoms with Gasteiger partial charge in [0.05, 0.1) is 5.92 Å². The predicted octanol–water partition coefficient (Wildman–Crippen LogP) is 0.108. The van der Waals surface area contributed by atoms with E-state index in [9.17, 15) is 18.4 Å². The summed E-state index contributed by atoms with van der Waals surface area (Å²) in [6, 6.07) is 0. The summed E-state index contributed by atoms with van der Waals surface area (Å²) in [4.78, 5) is 21.2. The molecule has 0 aliphatic rings. The van der Waals surface area contributed by atoms with Crippen LogP contribution in [0.4, 0.5) is 8.78 Å². The number of hydrogen-bond acceptors (Lipinski definition) is 3. The predicted molar refractivity (Wildman–Crippen MR) is 43.5 cm³/mol. The van der Waals surface area contributed by atoms with Crippen molar-refractivity contribution in [1.29, 1.82) is 5.41 Å². The molecule has 1 amide bonds. The van der Waals surface area contributed by atoms with Crippen molar-refractivity contribution in [1.82, 2.24) is 5.32 Å². The van der Waals surface area contributed by atoms with Gasteiger partial charge in [0.2, 0.25) is 12.3 Å². The zero-order valence-corrected chi connectivity index (χ0v) is 7.38. The molecule has 0 heterocycles. The molecule has 0 fully saturated rings. The number of carboxylic acids is 1. The van der Waals surface area contributed by atoms with Gasteiger partial charge in [0.15, 0.2) is 0 Å². The molecule has 0 bridgehead atoms. The molecule has 0 aromatic carbocycles. The molecule has 5 nitrogen and oxygen atoms in total. The van der Waals surface area contributed by atoms with Gasteiger partial charge in [-0.05, 0) is 0 Å². The van der Waals surface area contributed by atoms with E-state index < -0.39 is 36.4 Å². The lowest BCUT2D eigenvalue weighted by Crippen LogP contribution is -2.37. The highest BCUT2D eigenvalue weighted by Crippen LogP contribution is 2.12. The quantitative estimate of drug-likeness (QED) is 0.560. The molecule has 0 aromatic rings. The Balaban J connectivity index is 4.63. The second-order valence-corrected chi connectivity index (χ2v) is 2.51. The van der Waals surface area contributed by atoms with Gasteiger partial charge < -0.3 is 10.4 Å². The average Bonchev–Trinajstić information content (AvgIpc) is 2.11. The summed E-state index contributed by atoms with van der Waals surface area (Å²) < 4.78 is 23.9. The molecule has 0 aliphatic heterocycles. The molecule has 0 saturated carbocycles. The third-order valence-electron chi connectivity index (χ3n) is 1.56. The van der Waals surface area contributed by atoms with E-state index >= 15 is 0 Å². The maximum absolute atomic E-state index is 11.9. The maximum Gasteiger partial charge on any atom is 0.350 e. The first-order valence-corrected chi connectivity index (χ1v) is 3.71. The van der Waals surface area contributed by atoms with Gasteiger partial charge in [-0.2, -0.15) is 0 Å². The third-order valence-corrected chi connectivity index (χ3v) is 1.56. The zero-order valence-electron chi connectivity index (χ0n) is 7.38. The Morgan fingerprint density at radius 1 is 1.50 bits per heavy atom. The smallest absolute Gasteiger partial charge is 0.350 e. The van der Waals surface area contributed by atoms with Crippen LogP contribution in [0.25, 0.3) is 0 Å². The molecule has 0 aromatic heterocycles. The fourth-order valence-electron chi connectivity index (χ4n) is 0.857. The van der Waals surface area contributed by atoms with E-state index in [4.69, 9.17) is 10.5 Å². The van der Waals surface area contributed by atoms with Gasteiger partial charge in [-0.15, -0.1) is 0 Å². The fraction of sp³-hybridized carbons (Fsp3) is 0.571. The molecule has 14 heavy (non-hydrogen) atoms. The number of carboxylic acid groups (broad SMARTS) is 1. The molecular weight excluding hydrogens is 198 g/mol. The van der Waals surface area contributed by atoms with Gasteiger partial charge in [-0.25, -0.2) is 13.6 Å². The Morgan fingerprint density at radius 2 is 2.00 bits per heavy atom. The molecule has 0 aliphatic carbocycles. The van der Waals surface area contributed by atoms with E-state index in [1.54, 1.807) is 0 Å². The highest BCUT2D eigenvalue weighted by Gasteiger charge is 2.30. The summed E-state index contributed by atoms with van der Waals surface area (Å²) in [6.07, 6.45) is -3.78. The lowest BCUT2D eigenvalue weighted by Gasteiger charge is -2.12. The number of rotatable bonds is 5. The number of carbonyl (C=O) groups is 2. The van der Waals surface area contributed by atoms with Gasteiger partial charge >= 0.3 is 5.97 Å². The third kappa shape index (κ3) is 3.46. The van der Waals surface area contributed by atoms with Crippen LogP contribution in [-0.2, 0) is 9.59 Å². The van der Waals surface area contributed by atoms with Crippen LogP contribution in [0.2, 0.25) is 0 Å². The number of hydrogen-bond donors (Lipinski definition) is 3. The molecule has 0 saturated heterocycles. The SMILES string of the molecule is CNC(=O)[C@@H](CC(F)F)C(=N)C(=O)O. The number of aliphatic carboxylic acids is 1. The maximum atomic E-state index is 11.9. The highest BCUT2D eigenvalue weighted by molar-refractivity contribution is 6.38. The largest absolute Gasteiger partial charge is 0.477 e. The minimum atomic E-state index is -2.82. The minimum absolute atomic E-state index is 0.891. The van der Waals surface area contributed by atoms with Crippen molar-refractivity contribution in [3.8, 4) is 0 Å². The van der Waals surface area contributed by atoms with E-state index in [0.717, 1.165) is 0 Å². The molecular formula is C7H10F2N2O3. The number of nitrogens with one attached hydrogen (secondary N) is 2. The van der Waals surface area contributed by atoms with E-state index in [0.29, 0.717) is 0 Å². The summed E-state index contributed by atoms with van der Waals surface area (Å²) in [7, 11) is 1.19. The first kappa shape index (κ1) is 12.5. The molecule has 0 rings (SSSR count). The summed E-state index contributed by atoms with van der Waals surface area (Å²) in [5, 5.41) is 17.3. The highest BCUT2D eigenvalue weighted by atomic mass is 19.3. The Hall–Kier alpha value is -1.53. The summed E-state index contributed by atoms with van der Waals surface area (Å²) in [5.41, 5.74) is -1.02. The van der Waals surface area contributed by atoms with Crippen molar-refractivity contribution in [3.63, 3.8) is 0 Å². The van der Waals surface area contributed by atoms with Crippen LogP contribution in [0.5, 0.6) is 0 Å². The number of carbonyl (C=O) groups excluding carboxylic acids is 1. The number of alkyl halides is 2. The van der Waals surface area contributed by atoms with Gasteiger partial charge in [-0.1, -0.05) is 0 Å². The first-order chi connectivity index (χ1) is 6.40. The van der Waals surface area contributed by atoms with Crippen LogP contribution in [0, 0.1) is 11.3 Å². The van der Waals surface area contributed by atoms with Crippen molar-refractivity contribution in [2.45, 2.75) is 12.8 Å². The molecule has 80 valence electrons. The molecule has 3 N–H and O–H groups in total. The number of halogens is 2. The van der Waals surface area contributed by atoms with Gasteiger partial charge in [0.1, 0.15) is 5.71 Å². The van der Waals surface area contributed by atoms with Crippen LogP contribution >= 0.6 is 0 Å². The van der Waals surface area contributed by atoms with E-state index in [2.05, 4.69) is 0 Å². The molecule has 0 spiro atoms. The van der Waals surface area contributed by atoms with Crippen molar-refractivity contribution in [2.75, 3.05) is 7.05 Å². The topological polar surface area (TPSA) is 90.3 Å². The van der Waals surface area contributed by atoms with Crippen LogP contribution in [0.3, 0.4) is 0 Å². The van der Waals surface area contributed by atoms with Gasteiger partial charge in [-0.3, -0.25) is 10.2 Å². The van der Waals surface area contributed by atoms with Crippen LogP contribution in [0.15, 0.2) is 0 Å². The summed E-state index contributed by atoms with van der Waals surface area (Å²) in [6.45, 7) is 0. The van der Waals surface area contributed by atoms with Gasteiger partial charge in [0.25, 0.3) is 0 Å².